The molecule has 0 aromatic carbocycles. The van der Waals surface area contributed by atoms with Crippen LogP contribution < -0.4 is 11.2 Å². The van der Waals surface area contributed by atoms with Crippen molar-refractivity contribution in [1.29, 1.82) is 0 Å². The third-order valence-electron chi connectivity index (χ3n) is 4.75. The maximum Gasteiger partial charge on any atom is 0.330 e. The lowest BCUT2D eigenvalue weighted by molar-refractivity contribution is 0.494. The molecule has 0 fully saturated rings. The van der Waals surface area contributed by atoms with Crippen LogP contribution in [0.25, 0.3) is 0 Å². The minimum absolute atomic E-state index is 0.222. The first-order valence-electron chi connectivity index (χ1n) is 9.69. The molecule has 0 atom stereocenters. The van der Waals surface area contributed by atoms with Gasteiger partial charge in [0.15, 0.2) is 0 Å². The molecule has 26 heavy (non-hydrogen) atoms. The number of aryl methyl sites for hydroxylation is 3. The van der Waals surface area contributed by atoms with Crippen molar-refractivity contribution in [3.63, 3.8) is 0 Å². The summed E-state index contributed by atoms with van der Waals surface area (Å²) in [4.78, 5) is 23.7. The fraction of sp³-hybridized carbons (Fsp3) is 0.684. The molecule has 0 saturated heterocycles. The first-order chi connectivity index (χ1) is 12.5. The van der Waals surface area contributed by atoms with Crippen molar-refractivity contribution in [3.8, 4) is 0 Å². The first-order valence-corrected chi connectivity index (χ1v) is 9.69. The van der Waals surface area contributed by atoms with E-state index in [-0.39, 0.29) is 11.2 Å². The lowest BCUT2D eigenvalue weighted by Gasteiger charge is -2.10. The van der Waals surface area contributed by atoms with E-state index in [2.05, 4.69) is 23.4 Å². The zero-order valence-corrected chi connectivity index (χ0v) is 16.3. The van der Waals surface area contributed by atoms with E-state index in [9.17, 15) is 9.59 Å². The standard InChI is InChI=1S/C19H31N5O2/c1-4-5-11-17-15-23(21-20-17)12-9-7-6-8-10-13-24-16(2)14-18(25)22(3)19(24)26/h14-15H,4-13H2,1-3H3. The maximum atomic E-state index is 12.1. The molecule has 144 valence electrons. The van der Waals surface area contributed by atoms with E-state index in [4.69, 9.17) is 0 Å². The molecule has 0 saturated carbocycles. The molecule has 0 amide bonds. The highest BCUT2D eigenvalue weighted by atomic mass is 16.2. The Kier molecular flexibility index (Phi) is 7.81. The molecule has 2 heterocycles. The average Bonchev–Trinajstić information content (AvgIpc) is 3.07. The van der Waals surface area contributed by atoms with Crippen LogP contribution in [0.15, 0.2) is 21.9 Å². The molecule has 0 aliphatic carbocycles. The van der Waals surface area contributed by atoms with Gasteiger partial charge in [0.25, 0.3) is 5.56 Å². The first kappa shape index (κ1) is 20.1. The van der Waals surface area contributed by atoms with Gasteiger partial charge in [-0.25, -0.2) is 4.79 Å². The van der Waals surface area contributed by atoms with Gasteiger partial charge in [0.2, 0.25) is 0 Å². The Balaban J connectivity index is 1.64. The molecule has 2 aromatic rings. The molecule has 7 nitrogen and oxygen atoms in total. The van der Waals surface area contributed by atoms with Crippen molar-refractivity contribution >= 4 is 0 Å². The highest BCUT2D eigenvalue weighted by Gasteiger charge is 2.05. The normalized spacial score (nSPS) is 11.2. The zero-order valence-electron chi connectivity index (χ0n) is 16.3. The zero-order chi connectivity index (χ0) is 18.9. The highest BCUT2D eigenvalue weighted by molar-refractivity contribution is 4.99. The number of nitrogens with zero attached hydrogens (tertiary/aromatic N) is 5. The Morgan fingerprint density at radius 1 is 1.00 bits per heavy atom. The lowest BCUT2D eigenvalue weighted by atomic mass is 10.1. The monoisotopic (exact) mass is 361 g/mol. The van der Waals surface area contributed by atoms with Crippen molar-refractivity contribution in [1.82, 2.24) is 24.1 Å². The van der Waals surface area contributed by atoms with E-state index in [1.807, 2.05) is 11.6 Å². The summed E-state index contributed by atoms with van der Waals surface area (Å²) in [5, 5.41) is 8.38. The minimum Gasteiger partial charge on any atom is -0.298 e. The summed E-state index contributed by atoms with van der Waals surface area (Å²) >= 11 is 0. The summed E-state index contributed by atoms with van der Waals surface area (Å²) in [5.41, 5.74) is 1.36. The number of hydrogen-bond donors (Lipinski definition) is 0. The Morgan fingerprint density at radius 2 is 1.69 bits per heavy atom. The van der Waals surface area contributed by atoms with Gasteiger partial charge >= 0.3 is 5.69 Å². The Hall–Kier alpha value is -2.18. The summed E-state index contributed by atoms with van der Waals surface area (Å²) in [6, 6.07) is 1.52. The molecule has 0 bridgehead atoms. The molecular formula is C19H31N5O2. The van der Waals surface area contributed by atoms with Crippen LogP contribution in [-0.2, 0) is 26.6 Å². The SMILES string of the molecule is CCCCc1cn(CCCCCCCn2c(C)cc(=O)n(C)c2=O)nn1. The summed E-state index contributed by atoms with van der Waals surface area (Å²) in [5.74, 6) is 0. The molecule has 0 aliphatic heterocycles. The Morgan fingerprint density at radius 3 is 2.42 bits per heavy atom. The summed E-state index contributed by atoms with van der Waals surface area (Å²) < 4.78 is 4.80. The number of aromatic nitrogens is 5. The van der Waals surface area contributed by atoms with Crippen LogP contribution >= 0.6 is 0 Å². The molecular weight excluding hydrogens is 330 g/mol. The predicted octanol–water partition coefficient (Wildman–Crippen LogP) is 2.44. The number of hydrogen-bond acceptors (Lipinski definition) is 4. The summed E-state index contributed by atoms with van der Waals surface area (Å²) in [7, 11) is 1.53. The lowest BCUT2D eigenvalue weighted by Crippen LogP contribution is -2.38. The van der Waals surface area contributed by atoms with Crippen LogP contribution in [0.5, 0.6) is 0 Å². The number of unbranched alkanes of at least 4 members (excludes halogenated alkanes) is 5. The van der Waals surface area contributed by atoms with E-state index in [1.165, 1.54) is 24.1 Å². The van der Waals surface area contributed by atoms with Gasteiger partial charge in [0, 0.05) is 38.1 Å². The van der Waals surface area contributed by atoms with Crippen molar-refractivity contribution in [3.05, 3.63) is 44.5 Å². The van der Waals surface area contributed by atoms with E-state index in [0.29, 0.717) is 6.54 Å². The molecule has 0 N–H and O–H groups in total. The predicted molar refractivity (Wildman–Crippen MR) is 102 cm³/mol. The molecule has 7 heteroatoms. The second-order valence-corrected chi connectivity index (χ2v) is 6.96. The van der Waals surface area contributed by atoms with E-state index >= 15 is 0 Å². The van der Waals surface area contributed by atoms with Gasteiger partial charge in [-0.1, -0.05) is 37.8 Å². The minimum atomic E-state index is -0.241. The largest absolute Gasteiger partial charge is 0.330 e. The van der Waals surface area contributed by atoms with Crippen LogP contribution in [0.1, 0.15) is 63.3 Å². The van der Waals surface area contributed by atoms with Gasteiger partial charge in [-0.05, 0) is 32.6 Å². The topological polar surface area (TPSA) is 74.7 Å². The quantitative estimate of drug-likeness (QED) is 0.576. The summed E-state index contributed by atoms with van der Waals surface area (Å²) in [6.07, 6.45) is 10.8. The fourth-order valence-electron chi connectivity index (χ4n) is 3.05. The second-order valence-electron chi connectivity index (χ2n) is 6.96. The van der Waals surface area contributed by atoms with Crippen molar-refractivity contribution in [2.24, 2.45) is 7.05 Å². The van der Waals surface area contributed by atoms with Crippen molar-refractivity contribution in [2.75, 3.05) is 0 Å². The molecule has 2 rings (SSSR count). The fourth-order valence-corrected chi connectivity index (χ4v) is 3.05. The third kappa shape index (κ3) is 5.68. The van der Waals surface area contributed by atoms with Crippen LogP contribution in [0.2, 0.25) is 0 Å². The third-order valence-corrected chi connectivity index (χ3v) is 4.75. The molecule has 2 aromatic heterocycles. The van der Waals surface area contributed by atoms with E-state index in [0.717, 1.165) is 62.9 Å². The van der Waals surface area contributed by atoms with Gasteiger partial charge in [-0.15, -0.1) is 5.10 Å². The van der Waals surface area contributed by atoms with E-state index < -0.39 is 0 Å². The molecule has 0 unspecified atom stereocenters. The second kappa shape index (κ2) is 10.1. The van der Waals surface area contributed by atoms with Crippen LogP contribution in [-0.4, -0.2) is 24.1 Å². The average molecular weight is 361 g/mol. The number of rotatable bonds is 11. The summed E-state index contributed by atoms with van der Waals surface area (Å²) in [6.45, 7) is 5.58. The van der Waals surface area contributed by atoms with Gasteiger partial charge < -0.3 is 0 Å². The highest BCUT2D eigenvalue weighted by Crippen LogP contribution is 2.07. The van der Waals surface area contributed by atoms with E-state index in [1.54, 1.807) is 4.57 Å². The molecule has 0 radical (unpaired) electrons. The smallest absolute Gasteiger partial charge is 0.298 e. The van der Waals surface area contributed by atoms with Gasteiger partial charge in [0.05, 0.1) is 5.69 Å². The Labute approximate surface area is 154 Å². The van der Waals surface area contributed by atoms with Crippen LogP contribution in [0.3, 0.4) is 0 Å². The van der Waals surface area contributed by atoms with Gasteiger partial charge in [-0.2, -0.15) is 0 Å². The molecule has 0 aliphatic rings. The Bertz CT molecular complexity index is 803. The van der Waals surface area contributed by atoms with Crippen molar-refractivity contribution < 1.29 is 0 Å². The maximum absolute atomic E-state index is 12.1. The van der Waals surface area contributed by atoms with Crippen LogP contribution in [0, 0.1) is 6.92 Å². The van der Waals surface area contributed by atoms with Gasteiger partial charge in [-0.3, -0.25) is 18.6 Å². The molecule has 0 spiro atoms. The van der Waals surface area contributed by atoms with Crippen LogP contribution in [0.4, 0.5) is 0 Å². The van der Waals surface area contributed by atoms with Crippen molar-refractivity contribution in [2.45, 2.75) is 78.3 Å². The van der Waals surface area contributed by atoms with Gasteiger partial charge in [0.1, 0.15) is 0 Å².